The molecule has 0 spiro atoms. The minimum atomic E-state index is -4.57. The van der Waals surface area contributed by atoms with Crippen molar-refractivity contribution in [2.75, 3.05) is 5.32 Å². The molecule has 23 heavy (non-hydrogen) atoms. The van der Waals surface area contributed by atoms with Crippen LogP contribution in [0.2, 0.25) is 0 Å². The van der Waals surface area contributed by atoms with Crippen molar-refractivity contribution in [3.8, 4) is 0 Å². The predicted molar refractivity (Wildman–Crippen MR) is 73.1 cm³/mol. The summed E-state index contributed by atoms with van der Waals surface area (Å²) in [6.07, 6.45) is -2.33. The average Bonchev–Trinajstić information content (AvgIpc) is 3.01. The molecule has 0 aliphatic heterocycles. The Labute approximate surface area is 128 Å². The van der Waals surface area contributed by atoms with Crippen molar-refractivity contribution in [1.29, 1.82) is 0 Å². The Hall–Kier alpha value is -2.84. The Morgan fingerprint density at radius 3 is 2.48 bits per heavy atom. The van der Waals surface area contributed by atoms with Crippen molar-refractivity contribution < 1.29 is 27.2 Å². The van der Waals surface area contributed by atoms with E-state index in [1.165, 1.54) is 6.26 Å². The van der Waals surface area contributed by atoms with Crippen LogP contribution in [-0.2, 0) is 15.8 Å². The van der Waals surface area contributed by atoms with Crippen molar-refractivity contribution in [2.24, 2.45) is 0 Å². The number of rotatable bonds is 3. The number of anilines is 1. The highest BCUT2D eigenvalue weighted by atomic mass is 19.4. The summed E-state index contributed by atoms with van der Waals surface area (Å²) in [4.78, 5) is 26.6. The summed E-state index contributed by atoms with van der Waals surface area (Å²) in [6.45, 7) is 1.61. The van der Waals surface area contributed by atoms with Gasteiger partial charge in [0.2, 0.25) is 0 Å². The Morgan fingerprint density at radius 2 is 1.96 bits per heavy atom. The number of nitrogens with zero attached hydrogens (tertiary/aromatic N) is 1. The van der Waals surface area contributed by atoms with Crippen LogP contribution in [0.5, 0.6) is 0 Å². The van der Waals surface area contributed by atoms with E-state index in [1.54, 1.807) is 19.1 Å². The fourth-order valence-corrected chi connectivity index (χ4v) is 1.69. The third-order valence-electron chi connectivity index (χ3n) is 2.84. The first-order valence-corrected chi connectivity index (χ1v) is 6.46. The maximum atomic E-state index is 12.4. The van der Waals surface area contributed by atoms with Gasteiger partial charge in [-0.2, -0.15) is 13.2 Å². The molecular weight excluding hydrogens is 315 g/mol. The number of hydrogen-bond acceptors (Lipinski definition) is 4. The van der Waals surface area contributed by atoms with E-state index in [1.807, 2.05) is 0 Å². The molecule has 0 radical (unpaired) electrons. The quantitative estimate of drug-likeness (QED) is 0.849. The zero-order chi connectivity index (χ0) is 17.0. The van der Waals surface area contributed by atoms with Gasteiger partial charge in [-0.25, -0.2) is 4.98 Å². The van der Waals surface area contributed by atoms with Crippen LogP contribution >= 0.6 is 0 Å². The van der Waals surface area contributed by atoms with Crippen molar-refractivity contribution >= 4 is 17.5 Å². The lowest BCUT2D eigenvalue weighted by Crippen LogP contribution is -2.36. The van der Waals surface area contributed by atoms with Gasteiger partial charge in [0.1, 0.15) is 11.5 Å². The summed E-state index contributed by atoms with van der Waals surface area (Å²) in [6, 6.07) is 4.44. The fraction of sp³-hybridized carbons (Fsp3) is 0.214. The number of alkyl halides is 3. The Bertz CT molecular complexity index is 682. The summed E-state index contributed by atoms with van der Waals surface area (Å²) in [5.41, 5.74) is -1.12. The molecule has 2 aromatic heterocycles. The zero-order valence-corrected chi connectivity index (χ0v) is 11.8. The molecule has 2 aromatic rings. The van der Waals surface area contributed by atoms with E-state index >= 15 is 0 Å². The number of hydrogen-bond donors (Lipinski definition) is 2. The number of halogens is 3. The highest BCUT2D eigenvalue weighted by molar-refractivity contribution is 6.39. The number of aromatic nitrogens is 1. The van der Waals surface area contributed by atoms with E-state index in [-0.39, 0.29) is 5.69 Å². The van der Waals surface area contributed by atoms with E-state index < -0.39 is 29.7 Å². The van der Waals surface area contributed by atoms with Gasteiger partial charge in [0, 0.05) is 0 Å². The molecule has 0 aromatic carbocycles. The second kappa shape index (κ2) is 6.51. The normalized spacial score (nSPS) is 12.5. The van der Waals surface area contributed by atoms with Crippen LogP contribution in [0.15, 0.2) is 41.1 Å². The van der Waals surface area contributed by atoms with E-state index in [0.717, 1.165) is 12.3 Å². The fourth-order valence-electron chi connectivity index (χ4n) is 1.69. The second-order valence-corrected chi connectivity index (χ2v) is 4.59. The molecule has 0 bridgehead atoms. The lowest BCUT2D eigenvalue weighted by molar-refractivity contribution is -0.141. The number of carbonyl (C=O) groups is 2. The molecule has 6 nitrogen and oxygen atoms in total. The molecule has 2 amide bonds. The number of nitrogens with one attached hydrogen (secondary N) is 2. The molecule has 2 N–H and O–H groups in total. The summed E-state index contributed by atoms with van der Waals surface area (Å²) in [7, 11) is 0. The number of carbonyl (C=O) groups excluding carboxylic acids is 2. The molecule has 2 heterocycles. The molecule has 0 aliphatic carbocycles. The summed E-state index contributed by atoms with van der Waals surface area (Å²) < 4.78 is 42.2. The van der Waals surface area contributed by atoms with Crippen LogP contribution in [0, 0.1) is 0 Å². The predicted octanol–water partition coefficient (Wildman–Crippen LogP) is 2.51. The first-order chi connectivity index (χ1) is 10.8. The summed E-state index contributed by atoms with van der Waals surface area (Å²) in [5, 5.41) is 4.55. The van der Waals surface area contributed by atoms with Crippen molar-refractivity contribution in [1.82, 2.24) is 10.3 Å². The van der Waals surface area contributed by atoms with Gasteiger partial charge < -0.3 is 15.1 Å². The number of pyridine rings is 1. The standard InChI is InChI=1S/C14H12F3N3O3/c1-8(10-3-2-6-23-10)19-12(21)13(22)20-9-4-5-11(18-7-9)14(15,16)17/h2-8H,1H3,(H,19,21)(H,20,22)/t8-/m1/s1. The monoisotopic (exact) mass is 327 g/mol. The third kappa shape index (κ3) is 4.31. The van der Waals surface area contributed by atoms with Gasteiger partial charge in [-0.05, 0) is 31.2 Å². The minimum Gasteiger partial charge on any atom is -0.467 e. The molecule has 0 saturated carbocycles. The molecule has 2 rings (SSSR count). The maximum Gasteiger partial charge on any atom is 0.433 e. The molecule has 0 fully saturated rings. The lowest BCUT2D eigenvalue weighted by Gasteiger charge is -2.11. The Balaban J connectivity index is 1.94. The first kappa shape index (κ1) is 16.5. The molecule has 0 unspecified atom stereocenters. The molecule has 0 saturated heterocycles. The highest BCUT2D eigenvalue weighted by Crippen LogP contribution is 2.27. The first-order valence-electron chi connectivity index (χ1n) is 6.46. The molecule has 0 aliphatic rings. The van der Waals surface area contributed by atoms with Crippen LogP contribution in [0.25, 0.3) is 0 Å². The van der Waals surface area contributed by atoms with Crippen LogP contribution in [0.1, 0.15) is 24.4 Å². The van der Waals surface area contributed by atoms with Gasteiger partial charge in [0.15, 0.2) is 0 Å². The highest BCUT2D eigenvalue weighted by Gasteiger charge is 2.32. The lowest BCUT2D eigenvalue weighted by atomic mass is 10.2. The van der Waals surface area contributed by atoms with Crippen LogP contribution in [0.4, 0.5) is 18.9 Å². The topological polar surface area (TPSA) is 84.2 Å². The smallest absolute Gasteiger partial charge is 0.433 e. The minimum absolute atomic E-state index is 0.0243. The van der Waals surface area contributed by atoms with Gasteiger partial charge in [-0.15, -0.1) is 0 Å². The summed E-state index contributed by atoms with van der Waals surface area (Å²) >= 11 is 0. The maximum absolute atomic E-state index is 12.4. The average molecular weight is 327 g/mol. The second-order valence-electron chi connectivity index (χ2n) is 4.59. The molecule has 9 heteroatoms. The van der Waals surface area contributed by atoms with E-state index in [9.17, 15) is 22.8 Å². The molecular formula is C14H12F3N3O3. The van der Waals surface area contributed by atoms with E-state index in [0.29, 0.717) is 11.8 Å². The molecule has 122 valence electrons. The Morgan fingerprint density at radius 1 is 1.22 bits per heavy atom. The van der Waals surface area contributed by atoms with Crippen molar-refractivity contribution in [3.05, 3.63) is 48.2 Å². The van der Waals surface area contributed by atoms with Gasteiger partial charge in [0.25, 0.3) is 0 Å². The van der Waals surface area contributed by atoms with Crippen LogP contribution in [-0.4, -0.2) is 16.8 Å². The summed E-state index contributed by atoms with van der Waals surface area (Å²) in [5.74, 6) is -1.51. The SMILES string of the molecule is C[C@@H](NC(=O)C(=O)Nc1ccc(C(F)(F)F)nc1)c1ccco1. The largest absolute Gasteiger partial charge is 0.467 e. The Kier molecular flexibility index (Phi) is 4.68. The number of furan rings is 1. The van der Waals surface area contributed by atoms with E-state index in [4.69, 9.17) is 4.42 Å². The van der Waals surface area contributed by atoms with Gasteiger partial charge in [0.05, 0.1) is 24.2 Å². The number of amides is 2. The van der Waals surface area contributed by atoms with Gasteiger partial charge in [-0.3, -0.25) is 9.59 Å². The van der Waals surface area contributed by atoms with Crippen LogP contribution in [0.3, 0.4) is 0 Å². The molecule has 1 atom stereocenters. The van der Waals surface area contributed by atoms with Gasteiger partial charge >= 0.3 is 18.0 Å². The van der Waals surface area contributed by atoms with Crippen molar-refractivity contribution in [2.45, 2.75) is 19.1 Å². The van der Waals surface area contributed by atoms with Crippen molar-refractivity contribution in [3.63, 3.8) is 0 Å². The van der Waals surface area contributed by atoms with E-state index in [2.05, 4.69) is 15.6 Å². The van der Waals surface area contributed by atoms with Gasteiger partial charge in [-0.1, -0.05) is 0 Å². The zero-order valence-electron chi connectivity index (χ0n) is 11.8. The van der Waals surface area contributed by atoms with Crippen LogP contribution < -0.4 is 10.6 Å². The third-order valence-corrected chi connectivity index (χ3v) is 2.84.